The minimum absolute atomic E-state index is 0.00621. The minimum atomic E-state index is -6.16. The zero-order valence-corrected chi connectivity index (χ0v) is 68.2. The highest BCUT2D eigenvalue weighted by atomic mass is 19.5. The molecule has 0 saturated heterocycles. The molecule has 0 amide bonds. The van der Waals surface area contributed by atoms with Crippen molar-refractivity contribution < 1.29 is 237 Å². The average Bonchev–Trinajstić information content (AvgIpc) is 0.791. The normalized spacial score (nSPS) is 14.7. The van der Waals surface area contributed by atoms with Gasteiger partial charge in [0.05, 0.1) is 13.2 Å². The van der Waals surface area contributed by atoms with Crippen LogP contribution in [0.15, 0.2) is 173 Å². The van der Waals surface area contributed by atoms with Gasteiger partial charge in [-0.3, -0.25) is 0 Å². The van der Waals surface area contributed by atoms with Crippen molar-refractivity contribution in [2.75, 3.05) is 52.9 Å². The highest BCUT2D eigenvalue weighted by Crippen LogP contribution is 2.49. The molecule has 0 fully saturated rings. The largest absolute Gasteiger partial charge is 0.490 e. The van der Waals surface area contributed by atoms with Crippen LogP contribution in [0, 0.1) is 0 Å². The smallest absolute Gasteiger partial charge is 0.429 e. The van der Waals surface area contributed by atoms with Crippen LogP contribution in [-0.4, -0.2) is 213 Å². The van der Waals surface area contributed by atoms with Gasteiger partial charge in [-0.1, -0.05) is 149 Å². The molecule has 0 saturated carbocycles. The minimum Gasteiger partial charge on any atom is -0.490 e. The van der Waals surface area contributed by atoms with E-state index in [1.54, 1.807) is 48.5 Å². The Kier molecular flexibility index (Phi) is 41.4. The molecule has 4 unspecified atom stereocenters. The summed E-state index contributed by atoms with van der Waals surface area (Å²) in [6.45, 7) is 9.14. The number of hydrogen-bond acceptors (Lipinski definition) is 16. The molecule has 133 heavy (non-hydrogen) atoms. The maximum atomic E-state index is 12.7. The van der Waals surface area contributed by atoms with Gasteiger partial charge in [0.2, 0.25) is 0 Å². The fourth-order valence-electron chi connectivity index (χ4n) is 8.11. The van der Waals surface area contributed by atoms with Crippen molar-refractivity contribution in [3.05, 3.63) is 212 Å². The maximum Gasteiger partial charge on any atom is 0.429 e. The van der Waals surface area contributed by atoms with Crippen LogP contribution >= 0.6 is 0 Å². The first-order chi connectivity index (χ1) is 59.8. The molecule has 0 bridgehead atoms. The summed E-state index contributed by atoms with van der Waals surface area (Å²) in [5.74, 6) is -2.42. The van der Waals surface area contributed by atoms with Gasteiger partial charge < -0.3 is 78.7 Å². The molecule has 0 aliphatic carbocycles. The Labute approximate surface area is 729 Å². The van der Waals surface area contributed by atoms with E-state index < -0.39 is 201 Å². The highest BCUT2D eigenvalue weighted by molar-refractivity contribution is 5.57. The molecule has 0 aromatic heterocycles. The lowest BCUT2D eigenvalue weighted by molar-refractivity contribution is -0.378. The van der Waals surface area contributed by atoms with E-state index in [4.69, 9.17) is 44.5 Å². The standard InChI is InChI=1S/2C16H15F9O4.C13H12F6O2.C12H10F6O2.2C12H13F3O2/c1-3-9-4-10(28-7-12(2,26)14(17,18)19)6-11(5-9)29-8-13(27,15(20,21)22)16(23,24)25;1-3-9-4-5-10(28-7-12(2,26)14(17,18)19)11(6-9)29-8-13(27,15(20,21)22)16(23,24)25;1-2-9-3-5-10(6-4-9)7-21-8-11(20,12(14,15)16)13(17,18)19;1-2-8-4-3-5-9(6-8)20-7-10(19,11(13,14)15)12(16,17)18;1-3-9-4-6-10(7-5-9)17-8-11(2,16)12(13,14)15;1-3-9-6-4-5-7-10(9)17-8-11(2,16)12(13,14)15/h2*3-6,26-27H,1,7-8H2,2H3;2-6,20H,1,7-8H2;2-6,19H,1,7H2;2*3-7,16H,1,8H2,2H3. The van der Waals surface area contributed by atoms with Crippen molar-refractivity contribution >= 4 is 36.5 Å². The molecule has 0 radical (unpaired) electrons. The molecule has 6 rings (SSSR count). The Morgan fingerprint density at radius 1 is 0.226 bits per heavy atom. The second-order valence-electron chi connectivity index (χ2n) is 28.1. The predicted octanol–water partition coefficient (Wildman–Crippen LogP) is 21.8. The second kappa shape index (κ2) is 45.7. The zero-order chi connectivity index (χ0) is 104. The third-order valence-corrected chi connectivity index (χ3v) is 17.1. The van der Waals surface area contributed by atoms with Crippen LogP contribution in [0.5, 0.6) is 40.2 Å². The highest BCUT2D eigenvalue weighted by Gasteiger charge is 2.74. The monoisotopic (exact) mass is 1990 g/mol. The molecular formula is C81H78F36O16. The van der Waals surface area contributed by atoms with Gasteiger partial charge in [0, 0.05) is 11.6 Å². The van der Waals surface area contributed by atoms with E-state index in [0.717, 1.165) is 53.6 Å². The van der Waals surface area contributed by atoms with Gasteiger partial charge >= 0.3 is 74.1 Å². The summed E-state index contributed by atoms with van der Waals surface area (Å²) in [6, 6.07) is 29.7. The number of para-hydroxylation sites is 1. The Balaban J connectivity index is 0.000000808. The van der Waals surface area contributed by atoms with Crippen molar-refractivity contribution in [1.82, 2.24) is 0 Å². The first kappa shape index (κ1) is 120. The number of rotatable bonds is 31. The van der Waals surface area contributed by atoms with Crippen LogP contribution in [0.3, 0.4) is 0 Å². The molecule has 16 nitrogen and oxygen atoms in total. The van der Waals surface area contributed by atoms with E-state index in [1.165, 1.54) is 72.8 Å². The Morgan fingerprint density at radius 2 is 0.504 bits per heavy atom. The van der Waals surface area contributed by atoms with Crippen LogP contribution in [0.25, 0.3) is 36.5 Å². The SMILES string of the molecule is C=Cc1cc(OCC(C)(O)C(F)(F)F)cc(OCC(O)(C(F)(F)F)C(F)(F)F)c1.C=Cc1ccc(COCC(O)(C(F)(F)F)C(F)(F)F)cc1.C=Cc1ccc(OCC(C)(O)C(F)(F)F)c(OCC(O)(C(F)(F)F)C(F)(F)F)c1.C=Cc1ccc(OCC(C)(O)C(F)(F)F)cc1.C=Cc1cccc(OCC(O)(C(F)(F)F)C(F)(F)F)c1.C=Cc1ccccc1OCC(C)(O)C(F)(F)F. The fourth-order valence-corrected chi connectivity index (χ4v) is 8.11. The van der Waals surface area contributed by atoms with Gasteiger partial charge in [0.15, 0.2) is 33.9 Å². The quantitative estimate of drug-likeness (QED) is 0.0189. The van der Waals surface area contributed by atoms with Gasteiger partial charge in [-0.05, 0) is 116 Å². The summed E-state index contributed by atoms with van der Waals surface area (Å²) < 4.78 is 488. The summed E-state index contributed by atoms with van der Waals surface area (Å²) in [6.07, 6.45) is -59.7. The molecule has 4 atom stereocenters. The molecule has 52 heteroatoms. The van der Waals surface area contributed by atoms with Gasteiger partial charge in [-0.25, -0.2) is 0 Å². The predicted molar refractivity (Wildman–Crippen MR) is 402 cm³/mol. The Bertz CT molecular complexity index is 4610. The van der Waals surface area contributed by atoms with Crippen molar-refractivity contribution in [2.45, 2.75) is 153 Å². The summed E-state index contributed by atoms with van der Waals surface area (Å²) >= 11 is 0. The van der Waals surface area contributed by atoms with Crippen LogP contribution in [0.2, 0.25) is 0 Å². The average molecular weight is 1990 g/mol. The number of benzene rings is 6. The molecule has 0 heterocycles. The summed E-state index contributed by atoms with van der Waals surface area (Å²) in [4.78, 5) is 0. The number of hydrogen-bond donors (Lipinski definition) is 8. The number of alkyl halides is 36. The maximum absolute atomic E-state index is 12.7. The zero-order valence-electron chi connectivity index (χ0n) is 68.2. The lowest BCUT2D eigenvalue weighted by Crippen LogP contribution is -2.60. The van der Waals surface area contributed by atoms with E-state index in [0.29, 0.717) is 50.5 Å². The molecule has 0 aliphatic rings. The summed E-state index contributed by atoms with van der Waals surface area (Å²) in [5, 5.41) is 72.9. The molecular weight excluding hydrogens is 1910 g/mol. The molecule has 0 spiro atoms. The van der Waals surface area contributed by atoms with Crippen molar-refractivity contribution in [2.24, 2.45) is 0 Å². The number of ether oxygens (including phenoxy) is 8. The van der Waals surface area contributed by atoms with Gasteiger partial charge in [-0.2, -0.15) is 158 Å². The topological polar surface area (TPSA) is 236 Å². The van der Waals surface area contributed by atoms with Gasteiger partial charge in [-0.15, -0.1) is 0 Å². The van der Waals surface area contributed by atoms with Gasteiger partial charge in [0.1, 0.15) is 75.0 Å². The van der Waals surface area contributed by atoms with Crippen molar-refractivity contribution in [3.8, 4) is 40.2 Å². The van der Waals surface area contributed by atoms with Crippen LogP contribution in [0.1, 0.15) is 66.6 Å². The van der Waals surface area contributed by atoms with Gasteiger partial charge in [0.25, 0.3) is 22.4 Å². The third-order valence-electron chi connectivity index (χ3n) is 17.1. The summed E-state index contributed by atoms with van der Waals surface area (Å²) in [7, 11) is 0. The first-order valence-corrected chi connectivity index (χ1v) is 35.7. The van der Waals surface area contributed by atoms with Crippen LogP contribution in [0.4, 0.5) is 158 Å². The number of aliphatic hydroxyl groups is 8. The van der Waals surface area contributed by atoms with E-state index in [2.05, 4.69) is 58.4 Å². The molecule has 6 aromatic rings. The fraction of sp³-hybridized carbons (Fsp3) is 0.407. The van der Waals surface area contributed by atoms with E-state index in [-0.39, 0.29) is 28.4 Å². The first-order valence-electron chi connectivity index (χ1n) is 35.7. The lowest BCUT2D eigenvalue weighted by atomic mass is 10.0. The van der Waals surface area contributed by atoms with Crippen molar-refractivity contribution in [3.63, 3.8) is 0 Å². The number of halogens is 36. The second-order valence-corrected chi connectivity index (χ2v) is 28.1. The van der Waals surface area contributed by atoms with Crippen LogP contribution < -0.4 is 33.2 Å². The lowest BCUT2D eigenvalue weighted by Gasteiger charge is -2.32. The molecule has 8 N–H and O–H groups in total. The Hall–Kier alpha value is -10.5. The Morgan fingerprint density at radius 3 is 0.850 bits per heavy atom. The molecule has 6 aromatic carbocycles. The van der Waals surface area contributed by atoms with E-state index >= 15 is 0 Å². The molecule has 750 valence electrons. The van der Waals surface area contributed by atoms with Crippen LogP contribution in [-0.2, 0) is 11.3 Å². The summed E-state index contributed by atoms with van der Waals surface area (Å²) in [5.41, 5.74) is -29.6. The van der Waals surface area contributed by atoms with E-state index in [9.17, 15) is 173 Å². The third kappa shape index (κ3) is 34.4. The van der Waals surface area contributed by atoms with Crippen molar-refractivity contribution in [1.29, 1.82) is 0 Å². The van der Waals surface area contributed by atoms with E-state index in [1.807, 2.05) is 0 Å². The molecule has 0 aliphatic heterocycles.